The van der Waals surface area contributed by atoms with Crippen LogP contribution in [0.3, 0.4) is 0 Å². The van der Waals surface area contributed by atoms with Gasteiger partial charge < -0.3 is 24.6 Å². The predicted octanol–water partition coefficient (Wildman–Crippen LogP) is 5.47. The summed E-state index contributed by atoms with van der Waals surface area (Å²) in [7, 11) is 3.56. The van der Waals surface area contributed by atoms with E-state index in [1.165, 1.54) is 6.07 Å². The Hall–Kier alpha value is -5.11. The van der Waals surface area contributed by atoms with Crippen molar-refractivity contribution in [3.63, 3.8) is 0 Å². The molecule has 3 saturated heterocycles. The lowest BCUT2D eigenvalue weighted by Crippen LogP contribution is -2.47. The van der Waals surface area contributed by atoms with Gasteiger partial charge in [-0.15, -0.1) is 0 Å². The van der Waals surface area contributed by atoms with E-state index in [1.54, 1.807) is 31.3 Å². The molecule has 0 radical (unpaired) electrons. The van der Waals surface area contributed by atoms with Gasteiger partial charge in [-0.1, -0.05) is 18.9 Å². The van der Waals surface area contributed by atoms with E-state index in [0.717, 1.165) is 107 Å². The maximum Gasteiger partial charge on any atom is 0.270 e. The van der Waals surface area contributed by atoms with E-state index in [-0.39, 0.29) is 36.0 Å². The third kappa shape index (κ3) is 8.00. The minimum atomic E-state index is -0.477. The number of carbonyl (C=O) groups excluding carboxylic acids is 3. The number of imide groups is 1. The second-order valence-corrected chi connectivity index (χ2v) is 15.8. The van der Waals surface area contributed by atoms with Crippen molar-refractivity contribution >= 4 is 51.9 Å². The van der Waals surface area contributed by atoms with Gasteiger partial charge in [-0.3, -0.25) is 24.6 Å². The van der Waals surface area contributed by atoms with Crippen LogP contribution in [0, 0.1) is 11.7 Å². The van der Waals surface area contributed by atoms with Gasteiger partial charge in [0.15, 0.2) is 0 Å². The molecule has 2 N–H and O–H groups in total. The number of aromatic nitrogens is 4. The number of piperidine rings is 2. The molecule has 4 aliphatic rings. The number of halogens is 1. The van der Waals surface area contributed by atoms with Crippen LogP contribution >= 0.6 is 0 Å². The number of nitrogens with zero attached hydrogens (tertiary/aromatic N) is 8. The number of hydrogen-bond acceptors (Lipinski definition) is 10. The van der Waals surface area contributed by atoms with Crippen LogP contribution in [-0.4, -0.2) is 107 Å². The normalized spacial score (nSPS) is 20.3. The average molecular weight is 751 g/mol. The number of amides is 3. The van der Waals surface area contributed by atoms with E-state index in [4.69, 9.17) is 9.97 Å². The highest BCUT2D eigenvalue weighted by Gasteiger charge is 2.30. The number of piperazine rings is 1. The monoisotopic (exact) mass is 750 g/mol. The van der Waals surface area contributed by atoms with Gasteiger partial charge in [-0.05, 0) is 86.9 Å². The molecule has 8 rings (SSSR count). The topological polar surface area (TPSA) is 132 Å². The average Bonchev–Trinajstić information content (AvgIpc) is 3.86. The molecule has 3 aliphatic heterocycles. The number of pyridine rings is 1. The Kier molecular flexibility index (Phi) is 10.7. The first-order chi connectivity index (χ1) is 26.7. The predicted molar refractivity (Wildman–Crippen MR) is 210 cm³/mol. The number of carbonyl (C=O) groups is 3. The van der Waals surface area contributed by atoms with Gasteiger partial charge in [0.1, 0.15) is 23.0 Å². The molecule has 1 aliphatic carbocycles. The maximum atomic E-state index is 15.2. The quantitative estimate of drug-likeness (QED) is 0.201. The molecule has 14 heteroatoms. The summed E-state index contributed by atoms with van der Waals surface area (Å²) in [4.78, 5) is 59.6. The molecule has 1 saturated carbocycles. The highest BCUT2D eigenvalue weighted by Crippen LogP contribution is 2.35. The molecule has 6 heterocycles. The summed E-state index contributed by atoms with van der Waals surface area (Å²) < 4.78 is 17.3. The summed E-state index contributed by atoms with van der Waals surface area (Å²) in [6, 6.07) is 11.3. The standard InChI is InChI=1S/C41H51FN10O3/c1-48(2)40(55)35-24-29-25-44-41(47-38(29)52(35)30-5-3-4-6-30)45-36-11-8-31(26-43-36)50-21-19-49(20-22-50)16-13-27-14-17-51(18-15-27)34-10-7-28(23-33(34)42)32-9-12-37(53)46-39(32)54/h7-8,10-11,23-27,30,32H,3-6,9,12-22H2,1-2H3,(H,46,53,54)(H,43,44,45,47). The highest BCUT2D eigenvalue weighted by molar-refractivity contribution is 6.01. The summed E-state index contributed by atoms with van der Waals surface area (Å²) >= 11 is 0. The molecular weight excluding hydrogens is 700 g/mol. The van der Waals surface area contributed by atoms with E-state index < -0.39 is 5.92 Å². The second kappa shape index (κ2) is 15.9. The fourth-order valence-corrected chi connectivity index (χ4v) is 8.82. The number of rotatable bonds is 10. The Morgan fingerprint density at radius 1 is 0.909 bits per heavy atom. The van der Waals surface area contributed by atoms with Crippen molar-refractivity contribution in [3.05, 3.63) is 65.9 Å². The Balaban J connectivity index is 0.799. The molecule has 1 atom stereocenters. The molecule has 3 amide bonds. The minimum Gasteiger partial charge on any atom is -0.369 e. The molecule has 4 aromatic rings. The molecule has 4 fully saturated rings. The summed E-state index contributed by atoms with van der Waals surface area (Å²) in [5.74, 6) is 0.336. The van der Waals surface area contributed by atoms with E-state index >= 15 is 4.39 Å². The van der Waals surface area contributed by atoms with Crippen molar-refractivity contribution < 1.29 is 18.8 Å². The van der Waals surface area contributed by atoms with Crippen LogP contribution < -0.4 is 20.4 Å². The molecule has 0 bridgehead atoms. The lowest BCUT2D eigenvalue weighted by Gasteiger charge is -2.38. The number of hydrogen-bond donors (Lipinski definition) is 2. The fourth-order valence-electron chi connectivity index (χ4n) is 8.82. The molecule has 3 aromatic heterocycles. The summed E-state index contributed by atoms with van der Waals surface area (Å²) in [5, 5.41) is 6.51. The molecule has 0 spiro atoms. The number of anilines is 4. The number of benzene rings is 1. The van der Waals surface area contributed by atoms with Crippen LogP contribution in [0.5, 0.6) is 0 Å². The Bertz CT molecular complexity index is 2030. The van der Waals surface area contributed by atoms with Crippen LogP contribution in [0.4, 0.5) is 27.5 Å². The van der Waals surface area contributed by atoms with Gasteiger partial charge in [0.2, 0.25) is 17.8 Å². The van der Waals surface area contributed by atoms with Crippen LogP contribution in [0.15, 0.2) is 48.8 Å². The van der Waals surface area contributed by atoms with E-state index in [0.29, 0.717) is 41.0 Å². The zero-order valence-electron chi connectivity index (χ0n) is 31.8. The van der Waals surface area contributed by atoms with Crippen LogP contribution in [-0.2, 0) is 9.59 Å². The van der Waals surface area contributed by atoms with E-state index in [9.17, 15) is 14.4 Å². The third-order valence-electron chi connectivity index (χ3n) is 12.0. The SMILES string of the molecule is CN(C)C(=O)c1cc2cnc(Nc3ccc(N4CCN(CCC5CCN(c6ccc(C7CCC(=O)NC7=O)cc6F)CC5)CC4)cn3)nc2n1C1CCCC1. The molecule has 1 aromatic carbocycles. The molecule has 1 unspecified atom stereocenters. The van der Waals surface area contributed by atoms with Gasteiger partial charge in [-0.25, -0.2) is 14.4 Å². The Labute approximate surface area is 321 Å². The van der Waals surface area contributed by atoms with Crippen molar-refractivity contribution in [2.24, 2.45) is 5.92 Å². The molecule has 290 valence electrons. The summed E-state index contributed by atoms with van der Waals surface area (Å²) in [6.45, 7) is 6.57. The first kappa shape index (κ1) is 36.8. The zero-order chi connectivity index (χ0) is 38.1. The second-order valence-electron chi connectivity index (χ2n) is 15.8. The van der Waals surface area contributed by atoms with Gasteiger partial charge in [0.25, 0.3) is 5.91 Å². The maximum absolute atomic E-state index is 15.2. The minimum absolute atomic E-state index is 0.0252. The van der Waals surface area contributed by atoms with Gasteiger partial charge >= 0.3 is 0 Å². The zero-order valence-corrected chi connectivity index (χ0v) is 31.8. The first-order valence-electron chi connectivity index (χ1n) is 19.9. The van der Waals surface area contributed by atoms with Gasteiger partial charge in [-0.2, -0.15) is 4.98 Å². The van der Waals surface area contributed by atoms with Crippen LogP contribution in [0.2, 0.25) is 0 Å². The van der Waals surface area contributed by atoms with E-state index in [2.05, 4.69) is 41.0 Å². The van der Waals surface area contributed by atoms with Gasteiger partial charge in [0, 0.05) is 77.4 Å². The smallest absolute Gasteiger partial charge is 0.270 e. The van der Waals surface area contributed by atoms with Crippen molar-refractivity contribution in [1.82, 2.24) is 34.6 Å². The number of fused-ring (bicyclic) bond motifs is 1. The van der Waals surface area contributed by atoms with E-state index in [1.807, 2.05) is 24.4 Å². The fraction of sp³-hybridized carbons (Fsp3) is 0.512. The Morgan fingerprint density at radius 3 is 2.38 bits per heavy atom. The number of nitrogens with one attached hydrogen (secondary N) is 2. The van der Waals surface area contributed by atoms with Crippen molar-refractivity contribution in [2.45, 2.75) is 69.7 Å². The van der Waals surface area contributed by atoms with Crippen molar-refractivity contribution in [3.8, 4) is 0 Å². The van der Waals surface area contributed by atoms with Crippen LogP contribution in [0.1, 0.15) is 85.8 Å². The van der Waals surface area contributed by atoms with Crippen molar-refractivity contribution in [2.75, 3.05) is 75.0 Å². The Morgan fingerprint density at radius 2 is 1.69 bits per heavy atom. The summed E-state index contributed by atoms with van der Waals surface area (Å²) in [5.41, 5.74) is 3.76. The first-order valence-corrected chi connectivity index (χ1v) is 19.9. The summed E-state index contributed by atoms with van der Waals surface area (Å²) in [6.07, 6.45) is 12.0. The lowest BCUT2D eigenvalue weighted by atomic mass is 9.89. The highest BCUT2D eigenvalue weighted by atomic mass is 19.1. The molecule has 13 nitrogen and oxygen atoms in total. The lowest BCUT2D eigenvalue weighted by molar-refractivity contribution is -0.134. The third-order valence-corrected chi connectivity index (χ3v) is 12.0. The van der Waals surface area contributed by atoms with Crippen LogP contribution in [0.25, 0.3) is 11.0 Å². The van der Waals surface area contributed by atoms with Crippen molar-refractivity contribution in [1.29, 1.82) is 0 Å². The largest absolute Gasteiger partial charge is 0.369 e. The van der Waals surface area contributed by atoms with Gasteiger partial charge in [0.05, 0.1) is 23.5 Å². The molecular formula is C41H51FN10O3. The molecule has 55 heavy (non-hydrogen) atoms.